The lowest BCUT2D eigenvalue weighted by Gasteiger charge is -2.30. The zero-order chi connectivity index (χ0) is 9.84. The third kappa shape index (κ3) is 2.21. The fourth-order valence-electron chi connectivity index (χ4n) is 1.36. The lowest BCUT2D eigenvalue weighted by Crippen LogP contribution is -2.36. The number of hydroxylamine groups is 2. The van der Waals surface area contributed by atoms with E-state index in [0.717, 1.165) is 12.8 Å². The maximum atomic E-state index is 11.4. The lowest BCUT2D eigenvalue weighted by atomic mass is 9.80. The Bertz CT molecular complexity index is 217. The van der Waals surface area contributed by atoms with Crippen LogP contribution in [0.15, 0.2) is 11.8 Å². The summed E-state index contributed by atoms with van der Waals surface area (Å²) in [6.07, 6.45) is 3.29. The Morgan fingerprint density at radius 3 is 2.62 bits per heavy atom. The van der Waals surface area contributed by atoms with E-state index in [1.807, 2.05) is 0 Å². The summed E-state index contributed by atoms with van der Waals surface area (Å²) in [7, 11) is 4.73. The standard InChI is InChI=1S/C9H15NO3/c1-10(13-3)9(11)8-4-7(5-8)6-12-2/h6,8H,4-5H2,1-3H3. The van der Waals surface area contributed by atoms with Gasteiger partial charge in [-0.15, -0.1) is 0 Å². The number of carbonyl (C=O) groups is 1. The van der Waals surface area contributed by atoms with Crippen LogP contribution in [0.4, 0.5) is 0 Å². The summed E-state index contributed by atoms with van der Waals surface area (Å²) in [6.45, 7) is 0. The second-order valence-corrected chi connectivity index (χ2v) is 3.14. The topological polar surface area (TPSA) is 38.8 Å². The maximum absolute atomic E-state index is 11.4. The fourth-order valence-corrected chi connectivity index (χ4v) is 1.36. The number of nitrogens with zero attached hydrogens (tertiary/aromatic N) is 1. The van der Waals surface area contributed by atoms with Crippen molar-refractivity contribution in [1.82, 2.24) is 5.06 Å². The molecule has 0 saturated heterocycles. The number of rotatable bonds is 3. The molecule has 4 nitrogen and oxygen atoms in total. The van der Waals surface area contributed by atoms with E-state index in [4.69, 9.17) is 9.57 Å². The molecule has 1 aliphatic carbocycles. The summed E-state index contributed by atoms with van der Waals surface area (Å²) >= 11 is 0. The minimum Gasteiger partial charge on any atom is -0.504 e. The van der Waals surface area contributed by atoms with Gasteiger partial charge >= 0.3 is 0 Å². The first-order chi connectivity index (χ1) is 6.19. The molecule has 0 bridgehead atoms. The predicted molar refractivity (Wildman–Crippen MR) is 47.6 cm³/mol. The van der Waals surface area contributed by atoms with Crippen molar-refractivity contribution in [1.29, 1.82) is 0 Å². The van der Waals surface area contributed by atoms with Gasteiger partial charge in [0, 0.05) is 13.0 Å². The maximum Gasteiger partial charge on any atom is 0.249 e. The molecule has 13 heavy (non-hydrogen) atoms. The Morgan fingerprint density at radius 1 is 1.54 bits per heavy atom. The van der Waals surface area contributed by atoms with Gasteiger partial charge in [-0.3, -0.25) is 9.63 Å². The molecule has 0 aromatic heterocycles. The van der Waals surface area contributed by atoms with E-state index in [2.05, 4.69) is 0 Å². The van der Waals surface area contributed by atoms with Gasteiger partial charge in [0.05, 0.1) is 20.5 Å². The van der Waals surface area contributed by atoms with E-state index in [1.165, 1.54) is 17.7 Å². The van der Waals surface area contributed by atoms with Gasteiger partial charge in [0.15, 0.2) is 0 Å². The van der Waals surface area contributed by atoms with E-state index < -0.39 is 0 Å². The van der Waals surface area contributed by atoms with Crippen molar-refractivity contribution in [3.63, 3.8) is 0 Å². The van der Waals surface area contributed by atoms with Crippen LogP contribution < -0.4 is 0 Å². The molecule has 0 aliphatic heterocycles. The zero-order valence-corrected chi connectivity index (χ0v) is 8.24. The average Bonchev–Trinajstić information content (AvgIpc) is 2.08. The highest BCUT2D eigenvalue weighted by Gasteiger charge is 2.32. The number of hydrogen-bond donors (Lipinski definition) is 0. The molecular formula is C9H15NO3. The second kappa shape index (κ2) is 4.28. The van der Waals surface area contributed by atoms with Crippen molar-refractivity contribution in [3.8, 4) is 0 Å². The van der Waals surface area contributed by atoms with Crippen LogP contribution in [0.25, 0.3) is 0 Å². The number of allylic oxidation sites excluding steroid dienone is 1. The smallest absolute Gasteiger partial charge is 0.249 e. The molecule has 0 unspecified atom stereocenters. The first kappa shape index (κ1) is 10.1. The largest absolute Gasteiger partial charge is 0.504 e. The number of amides is 1. The Labute approximate surface area is 78.1 Å². The van der Waals surface area contributed by atoms with E-state index >= 15 is 0 Å². The zero-order valence-electron chi connectivity index (χ0n) is 8.24. The van der Waals surface area contributed by atoms with Gasteiger partial charge in [0.1, 0.15) is 0 Å². The molecule has 1 aliphatic rings. The van der Waals surface area contributed by atoms with Gasteiger partial charge in [0.25, 0.3) is 0 Å². The molecule has 0 aromatic rings. The van der Waals surface area contributed by atoms with Crippen LogP contribution in [0.1, 0.15) is 12.8 Å². The van der Waals surface area contributed by atoms with E-state index in [-0.39, 0.29) is 11.8 Å². The number of carbonyl (C=O) groups excluding carboxylic acids is 1. The molecular weight excluding hydrogens is 170 g/mol. The van der Waals surface area contributed by atoms with Crippen molar-refractivity contribution < 1.29 is 14.4 Å². The third-order valence-corrected chi connectivity index (χ3v) is 2.24. The van der Waals surface area contributed by atoms with Crippen LogP contribution in [-0.4, -0.2) is 32.2 Å². The predicted octanol–water partition coefficient (Wildman–Crippen LogP) is 0.947. The number of hydrogen-bond acceptors (Lipinski definition) is 3. The molecule has 0 aromatic carbocycles. The number of ether oxygens (including phenoxy) is 1. The normalized spacial score (nSPS) is 20.5. The Balaban J connectivity index is 2.35. The summed E-state index contributed by atoms with van der Waals surface area (Å²) in [6, 6.07) is 0. The lowest BCUT2D eigenvalue weighted by molar-refractivity contribution is -0.174. The first-order valence-electron chi connectivity index (χ1n) is 4.21. The highest BCUT2D eigenvalue weighted by Crippen LogP contribution is 2.33. The third-order valence-electron chi connectivity index (χ3n) is 2.24. The minimum absolute atomic E-state index is 0.0377. The summed E-state index contributed by atoms with van der Waals surface area (Å²) < 4.78 is 4.84. The molecule has 74 valence electrons. The SMILES string of the molecule is COC=C1CC(C(=O)N(C)OC)C1. The van der Waals surface area contributed by atoms with Gasteiger partial charge in [0.2, 0.25) is 5.91 Å². The fraction of sp³-hybridized carbons (Fsp3) is 0.667. The molecule has 1 rings (SSSR count). The van der Waals surface area contributed by atoms with Gasteiger partial charge in [-0.05, 0) is 18.4 Å². The summed E-state index contributed by atoms with van der Waals surface area (Å²) in [4.78, 5) is 16.2. The molecule has 0 spiro atoms. The summed E-state index contributed by atoms with van der Waals surface area (Å²) in [5, 5.41) is 1.27. The van der Waals surface area contributed by atoms with Crippen LogP contribution in [0, 0.1) is 5.92 Å². The number of methoxy groups -OCH3 is 1. The van der Waals surface area contributed by atoms with Crippen molar-refractivity contribution >= 4 is 5.91 Å². The monoisotopic (exact) mass is 185 g/mol. The van der Waals surface area contributed by atoms with Crippen LogP contribution in [0.3, 0.4) is 0 Å². The van der Waals surface area contributed by atoms with Gasteiger partial charge in [-0.2, -0.15) is 0 Å². The molecule has 0 heterocycles. The van der Waals surface area contributed by atoms with Gasteiger partial charge in [-0.1, -0.05) is 0 Å². The molecule has 0 atom stereocenters. The van der Waals surface area contributed by atoms with E-state index in [0.29, 0.717) is 0 Å². The van der Waals surface area contributed by atoms with Crippen molar-refractivity contribution in [2.75, 3.05) is 21.3 Å². The molecule has 0 radical (unpaired) electrons. The second-order valence-electron chi connectivity index (χ2n) is 3.14. The van der Waals surface area contributed by atoms with Crippen LogP contribution >= 0.6 is 0 Å². The van der Waals surface area contributed by atoms with Crippen LogP contribution in [0.2, 0.25) is 0 Å². The highest BCUT2D eigenvalue weighted by atomic mass is 16.7. The van der Waals surface area contributed by atoms with Crippen molar-refractivity contribution in [3.05, 3.63) is 11.8 Å². The Morgan fingerprint density at radius 2 is 2.15 bits per heavy atom. The molecule has 0 N–H and O–H groups in total. The van der Waals surface area contributed by atoms with Crippen molar-refractivity contribution in [2.45, 2.75) is 12.8 Å². The van der Waals surface area contributed by atoms with Crippen LogP contribution in [-0.2, 0) is 14.4 Å². The highest BCUT2D eigenvalue weighted by molar-refractivity contribution is 5.79. The Kier molecular flexibility index (Phi) is 3.31. The summed E-state index contributed by atoms with van der Waals surface area (Å²) in [5.41, 5.74) is 1.19. The Hall–Kier alpha value is -1.03. The molecule has 1 amide bonds. The minimum atomic E-state index is 0.0377. The van der Waals surface area contributed by atoms with Crippen LogP contribution in [0.5, 0.6) is 0 Å². The molecule has 1 fully saturated rings. The average molecular weight is 185 g/mol. The van der Waals surface area contributed by atoms with Crippen molar-refractivity contribution in [2.24, 2.45) is 5.92 Å². The van der Waals surface area contributed by atoms with Gasteiger partial charge < -0.3 is 4.74 Å². The van der Waals surface area contributed by atoms with E-state index in [1.54, 1.807) is 20.4 Å². The summed E-state index contributed by atoms with van der Waals surface area (Å²) in [5.74, 6) is 0.113. The molecule has 4 heteroatoms. The van der Waals surface area contributed by atoms with Gasteiger partial charge in [-0.25, -0.2) is 5.06 Å². The molecule has 1 saturated carbocycles. The first-order valence-corrected chi connectivity index (χ1v) is 4.21. The van der Waals surface area contributed by atoms with E-state index in [9.17, 15) is 4.79 Å². The quantitative estimate of drug-likeness (QED) is 0.485.